The fourth-order valence-corrected chi connectivity index (χ4v) is 1.48. The van der Waals surface area contributed by atoms with Crippen LogP contribution in [0, 0.1) is 11.3 Å². The minimum absolute atomic E-state index is 0.0975. The summed E-state index contributed by atoms with van der Waals surface area (Å²) in [6, 6.07) is 4.64. The Bertz CT molecular complexity index is 464. The third-order valence-corrected chi connectivity index (χ3v) is 2.43. The lowest BCUT2D eigenvalue weighted by molar-refractivity contribution is -0.137. The average Bonchev–Trinajstić information content (AvgIpc) is 2.33. The van der Waals surface area contributed by atoms with Crippen molar-refractivity contribution in [1.82, 2.24) is 4.90 Å². The number of halogens is 3. The third kappa shape index (κ3) is 4.79. The van der Waals surface area contributed by atoms with Crippen LogP contribution in [0.25, 0.3) is 0 Å². The average molecular weight is 272 g/mol. The van der Waals surface area contributed by atoms with Crippen LogP contribution in [0.5, 0.6) is 5.75 Å². The van der Waals surface area contributed by atoms with Crippen LogP contribution >= 0.6 is 0 Å². The van der Waals surface area contributed by atoms with Crippen LogP contribution in [-0.2, 0) is 6.18 Å². The first-order valence-electron chi connectivity index (χ1n) is 5.73. The number of nitriles is 1. The van der Waals surface area contributed by atoms with Crippen LogP contribution in [0.1, 0.15) is 17.5 Å². The molecule has 0 amide bonds. The second kappa shape index (κ2) is 6.43. The van der Waals surface area contributed by atoms with Crippen molar-refractivity contribution < 1.29 is 17.9 Å². The second-order valence-corrected chi connectivity index (χ2v) is 4.33. The molecule has 0 heterocycles. The molecular formula is C13H15F3N2O. The molecule has 0 N–H and O–H groups in total. The van der Waals surface area contributed by atoms with Crippen molar-refractivity contribution >= 4 is 0 Å². The largest absolute Gasteiger partial charge is 0.492 e. The molecule has 1 aromatic rings. The first-order chi connectivity index (χ1) is 8.84. The molecule has 0 bridgehead atoms. The molecule has 1 aromatic carbocycles. The molecule has 0 spiro atoms. The summed E-state index contributed by atoms with van der Waals surface area (Å²) in [7, 11) is 3.83. The van der Waals surface area contributed by atoms with Crippen LogP contribution in [0.4, 0.5) is 13.2 Å². The number of alkyl halides is 3. The van der Waals surface area contributed by atoms with Gasteiger partial charge in [0.25, 0.3) is 0 Å². The van der Waals surface area contributed by atoms with Gasteiger partial charge in [-0.25, -0.2) is 0 Å². The van der Waals surface area contributed by atoms with E-state index in [0.717, 1.165) is 25.1 Å². The van der Waals surface area contributed by atoms with E-state index in [1.165, 1.54) is 6.07 Å². The summed E-state index contributed by atoms with van der Waals surface area (Å²) >= 11 is 0. The molecule has 0 aliphatic rings. The quantitative estimate of drug-likeness (QED) is 0.773. The molecule has 0 unspecified atom stereocenters. The Morgan fingerprint density at radius 2 is 2.00 bits per heavy atom. The van der Waals surface area contributed by atoms with E-state index >= 15 is 0 Å². The maximum atomic E-state index is 12.5. The van der Waals surface area contributed by atoms with E-state index in [0.29, 0.717) is 6.61 Å². The highest BCUT2D eigenvalue weighted by molar-refractivity contribution is 5.46. The Morgan fingerprint density at radius 1 is 1.32 bits per heavy atom. The summed E-state index contributed by atoms with van der Waals surface area (Å²) in [4.78, 5) is 1.97. The van der Waals surface area contributed by atoms with Crippen LogP contribution < -0.4 is 4.74 Å². The topological polar surface area (TPSA) is 36.3 Å². The zero-order chi connectivity index (χ0) is 14.5. The van der Waals surface area contributed by atoms with E-state index in [4.69, 9.17) is 10.00 Å². The van der Waals surface area contributed by atoms with E-state index in [-0.39, 0.29) is 11.3 Å². The van der Waals surface area contributed by atoms with Gasteiger partial charge in [-0.1, -0.05) is 0 Å². The molecule has 0 saturated carbocycles. The van der Waals surface area contributed by atoms with Gasteiger partial charge in [0.15, 0.2) is 0 Å². The Hall–Kier alpha value is -1.74. The van der Waals surface area contributed by atoms with Crippen molar-refractivity contribution in [2.75, 3.05) is 27.2 Å². The summed E-state index contributed by atoms with van der Waals surface area (Å²) < 4.78 is 42.8. The number of ether oxygens (including phenoxy) is 1. The number of hydrogen-bond donors (Lipinski definition) is 0. The maximum absolute atomic E-state index is 12.5. The molecule has 3 nitrogen and oxygen atoms in total. The van der Waals surface area contributed by atoms with Crippen molar-refractivity contribution in [1.29, 1.82) is 5.26 Å². The summed E-state index contributed by atoms with van der Waals surface area (Å²) in [6.45, 7) is 1.17. The minimum Gasteiger partial charge on any atom is -0.492 e. The lowest BCUT2D eigenvalue weighted by atomic mass is 10.1. The van der Waals surface area contributed by atoms with Crippen molar-refractivity contribution in [2.45, 2.75) is 12.6 Å². The fourth-order valence-electron chi connectivity index (χ4n) is 1.48. The van der Waals surface area contributed by atoms with Gasteiger partial charge in [0.1, 0.15) is 11.8 Å². The zero-order valence-electron chi connectivity index (χ0n) is 10.8. The number of hydrogen-bond acceptors (Lipinski definition) is 3. The van der Waals surface area contributed by atoms with E-state index in [2.05, 4.69) is 0 Å². The number of benzene rings is 1. The van der Waals surface area contributed by atoms with E-state index < -0.39 is 11.7 Å². The highest BCUT2D eigenvalue weighted by Gasteiger charge is 2.31. The lowest BCUT2D eigenvalue weighted by Gasteiger charge is -2.12. The smallest absolute Gasteiger partial charge is 0.416 e. The highest BCUT2D eigenvalue weighted by Crippen LogP contribution is 2.32. The van der Waals surface area contributed by atoms with Crippen LogP contribution in [-0.4, -0.2) is 32.1 Å². The molecule has 0 radical (unpaired) electrons. The molecule has 1 rings (SSSR count). The molecule has 0 fully saturated rings. The molecule has 0 atom stereocenters. The van der Waals surface area contributed by atoms with Gasteiger partial charge in [-0.3, -0.25) is 0 Å². The normalized spacial score (nSPS) is 11.4. The first kappa shape index (κ1) is 15.3. The van der Waals surface area contributed by atoms with Crippen molar-refractivity contribution in [3.63, 3.8) is 0 Å². The number of rotatable bonds is 5. The van der Waals surface area contributed by atoms with E-state index in [9.17, 15) is 13.2 Å². The summed E-state index contributed by atoms with van der Waals surface area (Å²) in [5.74, 6) is 0.189. The van der Waals surface area contributed by atoms with Gasteiger partial charge in [-0.05, 0) is 38.7 Å². The number of nitrogens with zero attached hydrogens (tertiary/aromatic N) is 2. The highest BCUT2D eigenvalue weighted by atomic mass is 19.4. The predicted molar refractivity (Wildman–Crippen MR) is 64.8 cm³/mol. The standard InChI is InChI=1S/C13H15F3N2O/c1-18(2)6-3-7-19-12-5-4-11(13(14,15)16)8-10(12)9-17/h4-5,8H,3,6-7H2,1-2H3. The van der Waals surface area contributed by atoms with Crippen molar-refractivity contribution in [3.8, 4) is 11.8 Å². The molecule has 0 aliphatic heterocycles. The van der Waals surface area contributed by atoms with Gasteiger partial charge >= 0.3 is 6.18 Å². The van der Waals surface area contributed by atoms with Gasteiger partial charge in [-0.2, -0.15) is 18.4 Å². The molecule has 6 heteroatoms. The molecular weight excluding hydrogens is 257 g/mol. The summed E-state index contributed by atoms with van der Waals surface area (Å²) in [6.07, 6.45) is -3.71. The molecule has 19 heavy (non-hydrogen) atoms. The van der Waals surface area contributed by atoms with Crippen molar-refractivity contribution in [2.24, 2.45) is 0 Å². The summed E-state index contributed by atoms with van der Waals surface area (Å²) in [5, 5.41) is 8.85. The Labute approximate surface area is 110 Å². The molecule has 104 valence electrons. The second-order valence-electron chi connectivity index (χ2n) is 4.33. The van der Waals surface area contributed by atoms with Crippen LogP contribution in [0.2, 0.25) is 0 Å². The minimum atomic E-state index is -4.45. The Balaban J connectivity index is 2.72. The monoisotopic (exact) mass is 272 g/mol. The Morgan fingerprint density at radius 3 is 2.53 bits per heavy atom. The van der Waals surface area contributed by atoms with E-state index in [1.807, 2.05) is 19.0 Å². The SMILES string of the molecule is CN(C)CCCOc1ccc(C(F)(F)F)cc1C#N. The van der Waals surface area contributed by atoms with Crippen LogP contribution in [0.3, 0.4) is 0 Å². The molecule has 0 aromatic heterocycles. The van der Waals surface area contributed by atoms with Gasteiger partial charge < -0.3 is 9.64 Å². The maximum Gasteiger partial charge on any atom is 0.416 e. The summed E-state index contributed by atoms with van der Waals surface area (Å²) in [5.41, 5.74) is -0.940. The Kier molecular flexibility index (Phi) is 5.19. The van der Waals surface area contributed by atoms with E-state index in [1.54, 1.807) is 6.07 Å². The zero-order valence-corrected chi connectivity index (χ0v) is 10.8. The van der Waals surface area contributed by atoms with Crippen LogP contribution in [0.15, 0.2) is 18.2 Å². The van der Waals surface area contributed by atoms with Gasteiger partial charge in [0.2, 0.25) is 0 Å². The van der Waals surface area contributed by atoms with Gasteiger partial charge in [0.05, 0.1) is 17.7 Å². The van der Waals surface area contributed by atoms with Crippen molar-refractivity contribution in [3.05, 3.63) is 29.3 Å². The molecule has 0 saturated heterocycles. The third-order valence-electron chi connectivity index (χ3n) is 2.43. The predicted octanol–water partition coefficient (Wildman–Crippen LogP) is 2.91. The first-order valence-corrected chi connectivity index (χ1v) is 5.73. The fraction of sp³-hybridized carbons (Fsp3) is 0.462. The molecule has 0 aliphatic carbocycles. The van der Waals surface area contributed by atoms with Gasteiger partial charge in [0, 0.05) is 6.54 Å². The lowest BCUT2D eigenvalue weighted by Crippen LogP contribution is -2.15. The van der Waals surface area contributed by atoms with Gasteiger partial charge in [-0.15, -0.1) is 0 Å².